The largest absolute Gasteiger partial charge is 0.314 e. The zero-order valence-electron chi connectivity index (χ0n) is 17.9. The normalized spacial score (nSPS) is 24.0. The maximum absolute atomic E-state index is 12.5. The molecule has 0 aromatic carbocycles. The van der Waals surface area contributed by atoms with Gasteiger partial charge in [-0.3, -0.25) is 4.79 Å². The van der Waals surface area contributed by atoms with E-state index in [0.717, 1.165) is 32.2 Å². The average Bonchev–Trinajstić information content (AvgIpc) is 2.80. The number of hydrogen-bond donors (Lipinski definition) is 1. The van der Waals surface area contributed by atoms with E-state index in [1.807, 2.05) is 0 Å². The molecule has 26 heavy (non-hydrogen) atoms. The molecule has 3 atom stereocenters. The summed E-state index contributed by atoms with van der Waals surface area (Å²) in [4.78, 5) is 12.5. The summed E-state index contributed by atoms with van der Waals surface area (Å²) >= 11 is 0. The lowest BCUT2D eigenvalue weighted by atomic mass is 9.87. The molecule has 0 saturated carbocycles. The van der Waals surface area contributed by atoms with Crippen LogP contribution in [0.25, 0.3) is 0 Å². The van der Waals surface area contributed by atoms with E-state index >= 15 is 0 Å². The smallest absolute Gasteiger partial charge is 0.136 e. The molecule has 0 aromatic heterocycles. The molecule has 0 bridgehead atoms. The van der Waals surface area contributed by atoms with Crippen molar-refractivity contribution in [3.05, 3.63) is 12.2 Å². The summed E-state index contributed by atoms with van der Waals surface area (Å²) in [5.41, 5.74) is 0. The van der Waals surface area contributed by atoms with Crippen LogP contribution >= 0.6 is 0 Å². The van der Waals surface area contributed by atoms with Crippen molar-refractivity contribution in [2.75, 3.05) is 6.54 Å². The van der Waals surface area contributed by atoms with Gasteiger partial charge in [0.25, 0.3) is 0 Å². The monoisotopic (exact) mass is 363 g/mol. The highest BCUT2D eigenvalue weighted by atomic mass is 16.1. The predicted octanol–water partition coefficient (Wildman–Crippen LogP) is 6.84. The lowest BCUT2D eigenvalue weighted by Crippen LogP contribution is -2.28. The summed E-state index contributed by atoms with van der Waals surface area (Å²) in [5.74, 6) is 1.47. The molecular formula is C24H45NO. The highest BCUT2D eigenvalue weighted by Crippen LogP contribution is 2.24. The average molecular weight is 364 g/mol. The summed E-state index contributed by atoms with van der Waals surface area (Å²) in [6.07, 6.45) is 21.8. The lowest BCUT2D eigenvalue weighted by molar-refractivity contribution is -0.123. The molecule has 1 aliphatic rings. The Labute approximate surface area is 163 Å². The second-order valence-corrected chi connectivity index (χ2v) is 8.68. The second-order valence-electron chi connectivity index (χ2n) is 8.68. The quantitative estimate of drug-likeness (QED) is 0.270. The maximum Gasteiger partial charge on any atom is 0.136 e. The highest BCUT2D eigenvalue weighted by molar-refractivity contribution is 5.81. The Balaban J connectivity index is 1.96. The zero-order chi connectivity index (χ0) is 19.0. The van der Waals surface area contributed by atoms with Gasteiger partial charge in [-0.15, -0.1) is 0 Å². The third-order valence-corrected chi connectivity index (χ3v) is 5.78. The highest BCUT2D eigenvalue weighted by Gasteiger charge is 2.25. The van der Waals surface area contributed by atoms with Gasteiger partial charge >= 0.3 is 0 Å². The van der Waals surface area contributed by atoms with Crippen molar-refractivity contribution in [1.82, 2.24) is 5.32 Å². The summed E-state index contributed by atoms with van der Waals surface area (Å²) in [6, 6.07) is 0.495. The molecule has 152 valence electrons. The number of carbonyl (C=O) groups excluding carboxylic acids is 1. The van der Waals surface area contributed by atoms with Gasteiger partial charge in [0, 0.05) is 18.4 Å². The number of allylic oxidation sites excluding steroid dienone is 2. The van der Waals surface area contributed by atoms with Crippen LogP contribution in [0.4, 0.5) is 0 Å². The Hall–Kier alpha value is -0.630. The first kappa shape index (κ1) is 23.4. The molecule has 0 aromatic rings. The van der Waals surface area contributed by atoms with Crippen LogP contribution < -0.4 is 5.32 Å². The number of Topliss-reactive ketones (excluding diaryl/α,β-unsaturated/α-hetero) is 1. The van der Waals surface area contributed by atoms with E-state index in [1.54, 1.807) is 0 Å². The van der Waals surface area contributed by atoms with Crippen molar-refractivity contribution < 1.29 is 4.79 Å². The molecule has 0 amide bonds. The van der Waals surface area contributed by atoms with E-state index in [9.17, 15) is 4.79 Å². The molecule has 1 saturated heterocycles. The Morgan fingerprint density at radius 1 is 0.885 bits per heavy atom. The van der Waals surface area contributed by atoms with Crippen molar-refractivity contribution in [3.63, 3.8) is 0 Å². The fourth-order valence-corrected chi connectivity index (χ4v) is 4.06. The van der Waals surface area contributed by atoms with Gasteiger partial charge in [0.2, 0.25) is 0 Å². The van der Waals surface area contributed by atoms with Crippen LogP contribution in [0.2, 0.25) is 0 Å². The van der Waals surface area contributed by atoms with Gasteiger partial charge in [-0.2, -0.15) is 0 Å². The van der Waals surface area contributed by atoms with Crippen LogP contribution in [-0.2, 0) is 4.79 Å². The van der Waals surface area contributed by atoms with Crippen molar-refractivity contribution in [2.24, 2.45) is 11.8 Å². The number of ketones is 1. The van der Waals surface area contributed by atoms with Crippen LogP contribution in [-0.4, -0.2) is 18.4 Å². The van der Waals surface area contributed by atoms with Crippen molar-refractivity contribution in [2.45, 2.75) is 117 Å². The number of carbonyl (C=O) groups is 1. The Bertz CT molecular complexity index is 364. The maximum atomic E-state index is 12.5. The third kappa shape index (κ3) is 11.9. The van der Waals surface area contributed by atoms with Crippen LogP contribution in [0.3, 0.4) is 0 Å². The summed E-state index contributed by atoms with van der Waals surface area (Å²) in [5, 5.41) is 3.54. The minimum absolute atomic E-state index is 0.305. The molecule has 0 radical (unpaired) electrons. The van der Waals surface area contributed by atoms with Gasteiger partial charge in [-0.1, -0.05) is 64.5 Å². The van der Waals surface area contributed by atoms with Crippen LogP contribution in [0.5, 0.6) is 0 Å². The van der Waals surface area contributed by atoms with E-state index in [0.29, 0.717) is 23.7 Å². The van der Waals surface area contributed by atoms with E-state index < -0.39 is 0 Å². The lowest BCUT2D eigenvalue weighted by Gasteiger charge is -2.16. The van der Waals surface area contributed by atoms with Crippen LogP contribution in [0.15, 0.2) is 12.2 Å². The number of rotatable bonds is 14. The molecule has 1 fully saturated rings. The fraction of sp³-hybridized carbons (Fsp3) is 0.875. The van der Waals surface area contributed by atoms with Crippen LogP contribution in [0, 0.1) is 11.8 Å². The summed E-state index contributed by atoms with van der Waals surface area (Å²) < 4.78 is 0. The zero-order valence-corrected chi connectivity index (χ0v) is 17.9. The minimum atomic E-state index is 0.305. The first-order chi connectivity index (χ1) is 12.6. The van der Waals surface area contributed by atoms with E-state index in [4.69, 9.17) is 0 Å². The first-order valence-corrected chi connectivity index (χ1v) is 11.5. The Morgan fingerprint density at radius 3 is 2.19 bits per heavy atom. The summed E-state index contributed by atoms with van der Waals surface area (Å²) in [7, 11) is 0. The third-order valence-electron chi connectivity index (χ3n) is 5.78. The topological polar surface area (TPSA) is 29.1 Å². The van der Waals surface area contributed by atoms with Gasteiger partial charge in [0.05, 0.1) is 0 Å². The predicted molar refractivity (Wildman–Crippen MR) is 115 cm³/mol. The van der Waals surface area contributed by atoms with Crippen molar-refractivity contribution in [3.8, 4) is 0 Å². The SMILES string of the molecule is CCCCCC=CCCCCCCCCC(=O)C1CC(C)CNC(C)C1. The Morgan fingerprint density at radius 2 is 1.50 bits per heavy atom. The second kappa shape index (κ2) is 15.4. The molecular weight excluding hydrogens is 318 g/mol. The van der Waals surface area contributed by atoms with Crippen molar-refractivity contribution in [1.29, 1.82) is 0 Å². The minimum Gasteiger partial charge on any atom is -0.314 e. The van der Waals surface area contributed by atoms with Crippen LogP contribution in [0.1, 0.15) is 111 Å². The number of nitrogens with one attached hydrogen (secondary N) is 1. The van der Waals surface area contributed by atoms with Gasteiger partial charge in [-0.05, 0) is 64.3 Å². The standard InChI is InChI=1S/C24H45NO/c1-4-5-6-7-8-9-10-11-12-13-14-15-16-17-24(26)23-18-21(2)20-25-22(3)19-23/h8-9,21-23,25H,4-7,10-20H2,1-3H3. The molecule has 2 nitrogen and oxygen atoms in total. The molecule has 1 N–H and O–H groups in total. The molecule has 1 rings (SSSR count). The van der Waals surface area contributed by atoms with Gasteiger partial charge in [0.1, 0.15) is 5.78 Å². The van der Waals surface area contributed by atoms with E-state index in [2.05, 4.69) is 38.2 Å². The molecule has 0 spiro atoms. The van der Waals surface area contributed by atoms with Gasteiger partial charge in [-0.25, -0.2) is 0 Å². The van der Waals surface area contributed by atoms with E-state index in [-0.39, 0.29) is 0 Å². The number of unbranched alkanes of at least 4 members (excludes halogenated alkanes) is 9. The molecule has 1 heterocycles. The Kier molecular flexibility index (Phi) is 13.9. The molecule has 1 aliphatic heterocycles. The molecule has 0 aliphatic carbocycles. The van der Waals surface area contributed by atoms with E-state index in [1.165, 1.54) is 64.2 Å². The first-order valence-electron chi connectivity index (χ1n) is 11.5. The summed E-state index contributed by atoms with van der Waals surface area (Å²) in [6.45, 7) is 7.82. The van der Waals surface area contributed by atoms with Gasteiger partial charge in [0.15, 0.2) is 0 Å². The molecule has 2 heteroatoms. The van der Waals surface area contributed by atoms with Gasteiger partial charge < -0.3 is 5.32 Å². The number of hydrogen-bond acceptors (Lipinski definition) is 2. The molecule has 3 unspecified atom stereocenters. The fourth-order valence-electron chi connectivity index (χ4n) is 4.06. The van der Waals surface area contributed by atoms with Crippen molar-refractivity contribution >= 4 is 5.78 Å².